The van der Waals surface area contributed by atoms with E-state index in [0.717, 1.165) is 25.7 Å². The summed E-state index contributed by atoms with van der Waals surface area (Å²) < 4.78 is 5.01. The smallest absolute Gasteiger partial charge is 0.313 e. The minimum absolute atomic E-state index is 0.0188. The Bertz CT molecular complexity index is 196. The first kappa shape index (κ1) is 6.89. The number of hydrogen-bond donors (Lipinski definition) is 0. The lowest BCUT2D eigenvalue weighted by atomic mass is 9.87. The van der Waals surface area contributed by atoms with Gasteiger partial charge in [-0.05, 0) is 25.7 Å². The van der Waals surface area contributed by atoms with Gasteiger partial charge in [-0.3, -0.25) is 4.79 Å². The van der Waals surface area contributed by atoms with Crippen molar-refractivity contribution in [2.24, 2.45) is 5.92 Å². The van der Waals surface area contributed by atoms with Crippen molar-refractivity contribution in [3.05, 3.63) is 12.2 Å². The van der Waals surface area contributed by atoms with Gasteiger partial charge in [0, 0.05) is 0 Å². The van der Waals surface area contributed by atoms with E-state index in [-0.39, 0.29) is 18.0 Å². The molecule has 60 valence electrons. The summed E-state index contributed by atoms with van der Waals surface area (Å²) in [7, 11) is 0. The van der Waals surface area contributed by atoms with E-state index in [1.54, 1.807) is 0 Å². The van der Waals surface area contributed by atoms with Crippen LogP contribution in [0.3, 0.4) is 0 Å². The average Bonchev–Trinajstić information content (AvgIpc) is 1.96. The second-order valence-electron chi connectivity index (χ2n) is 3.21. The molecule has 0 aromatic heterocycles. The fourth-order valence-electron chi connectivity index (χ4n) is 1.73. The van der Waals surface area contributed by atoms with Crippen molar-refractivity contribution in [1.29, 1.82) is 0 Å². The van der Waals surface area contributed by atoms with Crippen molar-refractivity contribution >= 4 is 5.97 Å². The summed E-state index contributed by atoms with van der Waals surface area (Å²) in [4.78, 5) is 10.9. The molecule has 0 spiro atoms. The van der Waals surface area contributed by atoms with Crippen molar-refractivity contribution < 1.29 is 9.53 Å². The van der Waals surface area contributed by atoms with Gasteiger partial charge in [0.2, 0.25) is 0 Å². The van der Waals surface area contributed by atoms with Crippen LogP contribution in [0.1, 0.15) is 25.7 Å². The highest BCUT2D eigenvalue weighted by molar-refractivity contribution is 5.78. The van der Waals surface area contributed by atoms with Gasteiger partial charge in [0.1, 0.15) is 6.10 Å². The fraction of sp³-hybridized carbons (Fsp3) is 0.667. The molecule has 0 N–H and O–H groups in total. The number of allylic oxidation sites excluding steroid dienone is 2. The molecule has 1 aliphatic heterocycles. The molecule has 11 heavy (non-hydrogen) atoms. The predicted octanol–water partition coefficient (Wildman–Crippen LogP) is 1.66. The zero-order valence-corrected chi connectivity index (χ0v) is 6.45. The van der Waals surface area contributed by atoms with Crippen molar-refractivity contribution in [2.75, 3.05) is 0 Å². The topological polar surface area (TPSA) is 26.3 Å². The van der Waals surface area contributed by atoms with Crippen LogP contribution in [-0.4, -0.2) is 12.1 Å². The highest BCUT2D eigenvalue weighted by Gasteiger charge is 2.41. The number of fused-ring (bicyclic) bond motifs is 1. The Balaban J connectivity index is 2.00. The predicted molar refractivity (Wildman–Crippen MR) is 41.0 cm³/mol. The number of carbonyl (C=O) groups excluding carboxylic acids is 1. The molecule has 0 radical (unpaired) electrons. The summed E-state index contributed by atoms with van der Waals surface area (Å²) in [6.07, 6.45) is 8.70. The molecular formula is C9H12O2. The number of carbonyl (C=O) groups is 1. The van der Waals surface area contributed by atoms with Gasteiger partial charge in [-0.2, -0.15) is 0 Å². The molecule has 2 unspecified atom stereocenters. The number of hydrogen-bond acceptors (Lipinski definition) is 2. The summed E-state index contributed by atoms with van der Waals surface area (Å²) in [6.45, 7) is 0. The Morgan fingerprint density at radius 1 is 1.27 bits per heavy atom. The molecule has 1 heterocycles. The van der Waals surface area contributed by atoms with Gasteiger partial charge in [-0.1, -0.05) is 12.2 Å². The summed E-state index contributed by atoms with van der Waals surface area (Å²) in [5.41, 5.74) is 0. The molecule has 2 heteroatoms. The Kier molecular flexibility index (Phi) is 1.68. The largest absolute Gasteiger partial charge is 0.461 e. The molecule has 2 rings (SSSR count). The van der Waals surface area contributed by atoms with Crippen LogP contribution in [-0.2, 0) is 9.53 Å². The van der Waals surface area contributed by atoms with E-state index in [0.29, 0.717) is 0 Å². The van der Waals surface area contributed by atoms with Gasteiger partial charge in [-0.15, -0.1) is 0 Å². The van der Waals surface area contributed by atoms with E-state index < -0.39 is 0 Å². The fourth-order valence-corrected chi connectivity index (χ4v) is 1.73. The third-order valence-electron chi connectivity index (χ3n) is 2.45. The van der Waals surface area contributed by atoms with E-state index in [4.69, 9.17) is 4.74 Å². The van der Waals surface area contributed by atoms with Gasteiger partial charge in [0.25, 0.3) is 0 Å². The molecule has 0 amide bonds. The number of rotatable bonds is 0. The van der Waals surface area contributed by atoms with Gasteiger partial charge in [-0.25, -0.2) is 0 Å². The Labute approximate surface area is 66.2 Å². The van der Waals surface area contributed by atoms with Crippen molar-refractivity contribution in [3.63, 3.8) is 0 Å². The first-order chi connectivity index (χ1) is 5.38. The molecule has 2 aliphatic rings. The number of ether oxygens (including phenoxy) is 1. The van der Waals surface area contributed by atoms with Crippen LogP contribution >= 0.6 is 0 Å². The minimum Gasteiger partial charge on any atom is -0.461 e. The summed E-state index contributed by atoms with van der Waals surface area (Å²) >= 11 is 0. The van der Waals surface area contributed by atoms with Crippen LogP contribution in [0, 0.1) is 5.92 Å². The summed E-state index contributed by atoms with van der Waals surface area (Å²) in [5, 5.41) is 0. The average molecular weight is 152 g/mol. The SMILES string of the molecule is O=C1OC2CC/C=C\CCC12. The van der Waals surface area contributed by atoms with Crippen LogP contribution < -0.4 is 0 Å². The molecule has 2 atom stereocenters. The minimum atomic E-state index is 0.0188. The van der Waals surface area contributed by atoms with Gasteiger partial charge in [0.05, 0.1) is 5.92 Å². The number of esters is 1. The summed E-state index contributed by atoms with van der Waals surface area (Å²) in [5.74, 6) is 0.241. The van der Waals surface area contributed by atoms with Crippen LogP contribution in [0.2, 0.25) is 0 Å². The quantitative estimate of drug-likeness (QED) is 0.390. The van der Waals surface area contributed by atoms with Crippen molar-refractivity contribution in [3.8, 4) is 0 Å². The van der Waals surface area contributed by atoms with Gasteiger partial charge >= 0.3 is 5.97 Å². The Morgan fingerprint density at radius 3 is 2.73 bits per heavy atom. The molecule has 2 nitrogen and oxygen atoms in total. The molecule has 0 aromatic carbocycles. The van der Waals surface area contributed by atoms with Crippen molar-refractivity contribution in [1.82, 2.24) is 0 Å². The highest BCUT2D eigenvalue weighted by atomic mass is 16.6. The second-order valence-corrected chi connectivity index (χ2v) is 3.21. The van der Waals surface area contributed by atoms with Gasteiger partial charge in [0.15, 0.2) is 0 Å². The second kappa shape index (κ2) is 2.68. The molecule has 1 fully saturated rings. The molecular weight excluding hydrogens is 140 g/mol. The van der Waals surface area contributed by atoms with Gasteiger partial charge < -0.3 is 4.74 Å². The molecule has 1 aliphatic carbocycles. The maximum Gasteiger partial charge on any atom is 0.313 e. The third kappa shape index (κ3) is 1.17. The molecule has 0 aromatic rings. The van der Waals surface area contributed by atoms with Crippen LogP contribution in [0.15, 0.2) is 12.2 Å². The van der Waals surface area contributed by atoms with Crippen LogP contribution in [0.4, 0.5) is 0 Å². The third-order valence-corrected chi connectivity index (χ3v) is 2.45. The standard InChI is InChI=1S/C9H12O2/c10-9-7-5-3-1-2-4-6-8(7)11-9/h1-2,7-8H,3-6H2/b2-1-. The van der Waals surface area contributed by atoms with Crippen molar-refractivity contribution in [2.45, 2.75) is 31.8 Å². The molecule has 0 bridgehead atoms. The summed E-state index contributed by atoms with van der Waals surface area (Å²) in [6, 6.07) is 0. The van der Waals surface area contributed by atoms with E-state index >= 15 is 0 Å². The zero-order chi connectivity index (χ0) is 7.68. The van der Waals surface area contributed by atoms with Crippen LogP contribution in [0.25, 0.3) is 0 Å². The Hall–Kier alpha value is -0.790. The van der Waals surface area contributed by atoms with E-state index in [9.17, 15) is 4.79 Å². The Morgan fingerprint density at radius 2 is 2.00 bits per heavy atom. The maximum absolute atomic E-state index is 10.9. The molecule has 1 saturated heterocycles. The zero-order valence-electron chi connectivity index (χ0n) is 6.45. The van der Waals surface area contributed by atoms with E-state index in [1.807, 2.05) is 0 Å². The van der Waals surface area contributed by atoms with E-state index in [2.05, 4.69) is 12.2 Å². The highest BCUT2D eigenvalue weighted by Crippen LogP contribution is 2.31. The lowest BCUT2D eigenvalue weighted by Gasteiger charge is -2.35. The lowest BCUT2D eigenvalue weighted by molar-refractivity contribution is -0.185. The normalized spacial score (nSPS) is 39.1. The van der Waals surface area contributed by atoms with E-state index in [1.165, 1.54) is 0 Å². The molecule has 0 saturated carbocycles. The maximum atomic E-state index is 10.9. The van der Waals surface area contributed by atoms with Crippen LogP contribution in [0.5, 0.6) is 0 Å². The first-order valence-electron chi connectivity index (χ1n) is 4.23. The lowest BCUT2D eigenvalue weighted by Crippen LogP contribution is -2.45. The first-order valence-corrected chi connectivity index (χ1v) is 4.23. The monoisotopic (exact) mass is 152 g/mol.